The van der Waals surface area contributed by atoms with E-state index in [1.807, 2.05) is 0 Å². The number of nitrogens with zero attached hydrogens (tertiary/aromatic N) is 3. The van der Waals surface area contributed by atoms with Gasteiger partial charge in [0.25, 0.3) is 0 Å². The van der Waals surface area contributed by atoms with E-state index in [1.165, 1.54) is 11.3 Å². The summed E-state index contributed by atoms with van der Waals surface area (Å²) < 4.78 is 0. The van der Waals surface area contributed by atoms with Gasteiger partial charge in [-0.3, -0.25) is 14.9 Å². The maximum atomic E-state index is 10.3. The van der Waals surface area contributed by atoms with Gasteiger partial charge in [0, 0.05) is 6.20 Å². The first kappa shape index (κ1) is 10.1. The Morgan fingerprint density at radius 2 is 2.53 bits per heavy atom. The van der Waals surface area contributed by atoms with Crippen LogP contribution in [0, 0.1) is 0 Å². The topological polar surface area (TPSA) is 91.8 Å². The van der Waals surface area contributed by atoms with Crippen molar-refractivity contribution in [1.82, 2.24) is 20.2 Å². The Balaban J connectivity index is 2.08. The fourth-order valence-electron chi connectivity index (χ4n) is 0.880. The number of thioether (sulfide) groups is 1. The van der Waals surface area contributed by atoms with Crippen LogP contribution in [0.1, 0.15) is 0 Å². The van der Waals surface area contributed by atoms with E-state index in [4.69, 9.17) is 5.11 Å². The Labute approximate surface area is 92.8 Å². The Morgan fingerprint density at radius 3 is 3.20 bits per heavy atom. The third kappa shape index (κ3) is 2.54. The molecule has 6 nitrogen and oxygen atoms in total. The molecule has 0 aliphatic carbocycles. The first-order valence-electron chi connectivity index (χ1n) is 3.91. The normalized spacial score (nSPS) is 10.4. The molecule has 8 heteroatoms. The van der Waals surface area contributed by atoms with Gasteiger partial charge in [-0.2, -0.15) is 0 Å². The van der Waals surface area contributed by atoms with Crippen LogP contribution in [0.15, 0.2) is 16.9 Å². The van der Waals surface area contributed by atoms with Crippen LogP contribution in [0.2, 0.25) is 0 Å². The standard InChI is InChI=1S/C7H6N4O2S2/c12-5(13)2-14-7-9-6(10-11-7)4-1-8-3-15-4/h1,3H,2H2,(H,12,13)(H,9,10,11). The molecule has 0 saturated heterocycles. The van der Waals surface area contributed by atoms with Crippen LogP contribution >= 0.6 is 23.1 Å². The smallest absolute Gasteiger partial charge is 0.313 e. The Kier molecular flexibility index (Phi) is 2.97. The molecule has 2 aromatic heterocycles. The van der Waals surface area contributed by atoms with Gasteiger partial charge in [-0.15, -0.1) is 16.4 Å². The minimum absolute atomic E-state index is 0.0417. The van der Waals surface area contributed by atoms with E-state index in [9.17, 15) is 4.79 Å². The average Bonchev–Trinajstić information content (AvgIpc) is 2.85. The highest BCUT2D eigenvalue weighted by atomic mass is 32.2. The van der Waals surface area contributed by atoms with E-state index in [1.54, 1.807) is 11.7 Å². The van der Waals surface area contributed by atoms with E-state index in [-0.39, 0.29) is 5.75 Å². The molecular formula is C7H6N4O2S2. The molecule has 0 aliphatic rings. The molecule has 0 aromatic carbocycles. The summed E-state index contributed by atoms with van der Waals surface area (Å²) in [7, 11) is 0. The maximum Gasteiger partial charge on any atom is 0.313 e. The van der Waals surface area contributed by atoms with E-state index >= 15 is 0 Å². The average molecular weight is 242 g/mol. The summed E-state index contributed by atoms with van der Waals surface area (Å²) in [5.41, 5.74) is 1.70. The molecule has 2 heterocycles. The molecule has 78 valence electrons. The highest BCUT2D eigenvalue weighted by Gasteiger charge is 2.08. The predicted octanol–water partition coefficient (Wildman–Crippen LogP) is 1.10. The molecule has 0 unspecified atom stereocenters. The highest BCUT2D eigenvalue weighted by Crippen LogP contribution is 2.21. The number of aromatic nitrogens is 4. The van der Waals surface area contributed by atoms with Crippen LogP contribution < -0.4 is 0 Å². The molecule has 0 spiro atoms. The van der Waals surface area contributed by atoms with Crippen LogP contribution in [0.5, 0.6) is 0 Å². The monoisotopic (exact) mass is 242 g/mol. The first-order valence-corrected chi connectivity index (χ1v) is 5.78. The molecule has 15 heavy (non-hydrogen) atoms. The van der Waals surface area contributed by atoms with Crippen molar-refractivity contribution < 1.29 is 9.90 Å². The minimum atomic E-state index is -0.885. The fraction of sp³-hybridized carbons (Fsp3) is 0.143. The minimum Gasteiger partial charge on any atom is -0.481 e. The van der Waals surface area contributed by atoms with E-state index < -0.39 is 5.97 Å². The van der Waals surface area contributed by atoms with Crippen molar-refractivity contribution in [2.75, 3.05) is 5.75 Å². The third-order valence-corrected chi connectivity index (χ3v) is 3.07. The molecule has 0 radical (unpaired) electrons. The number of aromatic amines is 1. The van der Waals surface area contributed by atoms with Crippen LogP contribution in [0.3, 0.4) is 0 Å². The first-order chi connectivity index (χ1) is 7.25. The largest absolute Gasteiger partial charge is 0.481 e. The van der Waals surface area contributed by atoms with Gasteiger partial charge in [0.2, 0.25) is 5.16 Å². The van der Waals surface area contributed by atoms with E-state index in [0.29, 0.717) is 11.0 Å². The van der Waals surface area contributed by atoms with Crippen LogP contribution in [-0.2, 0) is 4.79 Å². The SMILES string of the molecule is O=C(O)CSc1n[nH]c(-c2cncs2)n1. The van der Waals surface area contributed by atoms with Gasteiger partial charge in [0.05, 0.1) is 16.1 Å². The van der Waals surface area contributed by atoms with Gasteiger partial charge >= 0.3 is 5.97 Å². The fourth-order valence-corrected chi connectivity index (χ4v) is 1.96. The van der Waals surface area contributed by atoms with Crippen molar-refractivity contribution in [2.24, 2.45) is 0 Å². The summed E-state index contributed by atoms with van der Waals surface area (Å²) in [6.07, 6.45) is 1.68. The number of carboxylic acids is 1. The Hall–Kier alpha value is -1.41. The predicted molar refractivity (Wildman–Crippen MR) is 55.9 cm³/mol. The summed E-state index contributed by atoms with van der Waals surface area (Å²) in [6, 6.07) is 0. The lowest BCUT2D eigenvalue weighted by Gasteiger charge is -1.88. The van der Waals surface area contributed by atoms with Crippen molar-refractivity contribution in [3.63, 3.8) is 0 Å². The molecule has 2 rings (SSSR count). The number of hydrogen-bond acceptors (Lipinski definition) is 6. The molecule has 2 N–H and O–H groups in total. The Bertz CT molecular complexity index is 453. The molecule has 0 bridgehead atoms. The summed E-state index contributed by atoms with van der Waals surface area (Å²) in [6.45, 7) is 0. The molecule has 0 saturated carbocycles. The summed E-state index contributed by atoms with van der Waals surface area (Å²) in [5, 5.41) is 15.5. The molecular weight excluding hydrogens is 236 g/mol. The number of thiazole rings is 1. The second-order valence-electron chi connectivity index (χ2n) is 2.51. The number of carbonyl (C=O) groups is 1. The van der Waals surface area contributed by atoms with E-state index in [2.05, 4.69) is 20.2 Å². The quantitative estimate of drug-likeness (QED) is 0.780. The lowest BCUT2D eigenvalue weighted by atomic mass is 10.5. The van der Waals surface area contributed by atoms with Crippen LogP contribution in [0.25, 0.3) is 10.7 Å². The maximum absolute atomic E-state index is 10.3. The van der Waals surface area contributed by atoms with Crippen LogP contribution in [0.4, 0.5) is 0 Å². The summed E-state index contributed by atoms with van der Waals surface area (Å²) in [5.74, 6) is -0.311. The van der Waals surface area contributed by atoms with Crippen molar-refractivity contribution in [2.45, 2.75) is 5.16 Å². The highest BCUT2D eigenvalue weighted by molar-refractivity contribution is 7.99. The van der Waals surface area contributed by atoms with Crippen molar-refractivity contribution in [1.29, 1.82) is 0 Å². The number of carboxylic acid groups (broad SMARTS) is 1. The second kappa shape index (κ2) is 4.41. The molecule has 0 aliphatic heterocycles. The van der Waals surface area contributed by atoms with Gasteiger partial charge in [0.1, 0.15) is 0 Å². The van der Waals surface area contributed by atoms with Crippen molar-refractivity contribution in [3.05, 3.63) is 11.7 Å². The zero-order valence-electron chi connectivity index (χ0n) is 7.38. The molecule has 0 fully saturated rings. The molecule has 0 amide bonds. The number of hydrogen-bond donors (Lipinski definition) is 2. The van der Waals surface area contributed by atoms with Gasteiger partial charge in [0.15, 0.2) is 5.82 Å². The Morgan fingerprint density at radius 1 is 1.67 bits per heavy atom. The van der Waals surface area contributed by atoms with Gasteiger partial charge < -0.3 is 5.11 Å². The second-order valence-corrected chi connectivity index (χ2v) is 4.34. The zero-order valence-corrected chi connectivity index (χ0v) is 9.01. The number of aliphatic carboxylic acids is 1. The third-order valence-electron chi connectivity index (χ3n) is 1.46. The lowest BCUT2D eigenvalue weighted by Crippen LogP contribution is -1.97. The van der Waals surface area contributed by atoms with Gasteiger partial charge in [-0.05, 0) is 0 Å². The molecule has 2 aromatic rings. The number of nitrogens with one attached hydrogen (secondary N) is 1. The number of H-pyrrole nitrogens is 1. The van der Waals surface area contributed by atoms with Gasteiger partial charge in [-0.25, -0.2) is 4.98 Å². The lowest BCUT2D eigenvalue weighted by molar-refractivity contribution is -0.133. The number of rotatable bonds is 4. The van der Waals surface area contributed by atoms with Gasteiger partial charge in [-0.1, -0.05) is 11.8 Å². The molecule has 0 atom stereocenters. The van der Waals surface area contributed by atoms with Crippen molar-refractivity contribution in [3.8, 4) is 10.7 Å². The zero-order chi connectivity index (χ0) is 10.7. The van der Waals surface area contributed by atoms with Crippen LogP contribution in [-0.4, -0.2) is 37.0 Å². The van der Waals surface area contributed by atoms with E-state index in [0.717, 1.165) is 16.6 Å². The summed E-state index contributed by atoms with van der Waals surface area (Å²) in [4.78, 5) is 19.2. The summed E-state index contributed by atoms with van der Waals surface area (Å²) >= 11 is 2.52. The van der Waals surface area contributed by atoms with Crippen molar-refractivity contribution >= 4 is 29.1 Å².